The second-order valence-electron chi connectivity index (χ2n) is 8.47. The lowest BCUT2D eigenvalue weighted by Crippen LogP contribution is -2.38. The van der Waals surface area contributed by atoms with Crippen LogP contribution in [-0.4, -0.2) is 25.7 Å². The number of H-pyrrole nitrogens is 1. The molecule has 0 spiro atoms. The van der Waals surface area contributed by atoms with Crippen LogP contribution < -0.4 is 10.9 Å². The van der Waals surface area contributed by atoms with Crippen molar-refractivity contribution in [1.29, 1.82) is 0 Å². The molecule has 34 heavy (non-hydrogen) atoms. The lowest BCUT2D eigenvalue weighted by molar-refractivity contribution is -0.121. The number of amides is 1. The van der Waals surface area contributed by atoms with Gasteiger partial charge in [-0.3, -0.25) is 14.6 Å². The number of carbonyl (C=O) groups excluding carboxylic acids is 1. The van der Waals surface area contributed by atoms with Gasteiger partial charge in [-0.05, 0) is 49.1 Å². The van der Waals surface area contributed by atoms with Crippen molar-refractivity contribution in [3.8, 4) is 17.4 Å². The number of anilines is 1. The molecule has 0 atom stereocenters. The van der Waals surface area contributed by atoms with Gasteiger partial charge in [0.15, 0.2) is 5.76 Å². The molecule has 1 amide bonds. The van der Waals surface area contributed by atoms with Gasteiger partial charge in [-0.25, -0.2) is 4.98 Å². The number of aromatic amines is 1. The van der Waals surface area contributed by atoms with Crippen LogP contribution in [0.15, 0.2) is 64.0 Å². The van der Waals surface area contributed by atoms with E-state index in [4.69, 9.17) is 16.0 Å². The lowest BCUT2D eigenvalue weighted by Gasteiger charge is -2.28. The molecule has 1 saturated carbocycles. The smallest absolute Gasteiger partial charge is 0.252 e. The summed E-state index contributed by atoms with van der Waals surface area (Å²) >= 11 is 6.09. The predicted octanol–water partition coefficient (Wildman–Crippen LogP) is 4.88. The van der Waals surface area contributed by atoms with Gasteiger partial charge in [-0.2, -0.15) is 9.78 Å². The Morgan fingerprint density at radius 2 is 1.97 bits per heavy atom. The molecule has 0 saturated heterocycles. The highest BCUT2D eigenvalue weighted by Crippen LogP contribution is 2.42. The predicted molar refractivity (Wildman–Crippen MR) is 129 cm³/mol. The van der Waals surface area contributed by atoms with Crippen LogP contribution in [0.2, 0.25) is 5.02 Å². The summed E-state index contributed by atoms with van der Waals surface area (Å²) in [6.45, 7) is 1.92. The number of aryl methyl sites for hydroxylation is 1. The van der Waals surface area contributed by atoms with Gasteiger partial charge in [-0.1, -0.05) is 43.5 Å². The standard InChI is InChI=1S/C25H24ClN5O3/c1-2-18-14-22(32)29-24(27-18)31-21(15-19(30-31)20-6-5-13-34-20)28-23(33)25(11-3-4-12-25)16-7-9-17(26)10-8-16/h5-10,13-15H,2-4,11-12H2,1H3,(H,28,33)(H,27,29,32). The van der Waals surface area contributed by atoms with Crippen LogP contribution in [0.4, 0.5) is 5.82 Å². The quantitative estimate of drug-likeness (QED) is 0.411. The van der Waals surface area contributed by atoms with Crippen LogP contribution >= 0.6 is 11.6 Å². The molecule has 1 aliphatic rings. The maximum absolute atomic E-state index is 13.8. The number of hydrogen-bond donors (Lipinski definition) is 2. The maximum atomic E-state index is 13.8. The van der Waals surface area contributed by atoms with E-state index in [0.717, 1.165) is 31.2 Å². The van der Waals surface area contributed by atoms with Gasteiger partial charge in [0.05, 0.1) is 11.7 Å². The molecule has 1 aliphatic carbocycles. The second-order valence-corrected chi connectivity index (χ2v) is 8.90. The van der Waals surface area contributed by atoms with Gasteiger partial charge in [-0.15, -0.1) is 0 Å². The molecule has 2 N–H and O–H groups in total. The third-order valence-corrected chi connectivity index (χ3v) is 6.61. The molecule has 8 nitrogen and oxygen atoms in total. The molecule has 3 heterocycles. The summed E-state index contributed by atoms with van der Waals surface area (Å²) in [5.41, 5.74) is 1.11. The van der Waals surface area contributed by atoms with Gasteiger partial charge in [0.25, 0.3) is 5.56 Å². The topological polar surface area (TPSA) is 106 Å². The number of nitrogens with one attached hydrogen (secondary N) is 2. The van der Waals surface area contributed by atoms with Crippen molar-refractivity contribution in [2.45, 2.75) is 44.4 Å². The van der Waals surface area contributed by atoms with Gasteiger partial charge in [0.2, 0.25) is 11.9 Å². The number of carbonyl (C=O) groups is 1. The molecule has 5 rings (SSSR count). The highest BCUT2D eigenvalue weighted by molar-refractivity contribution is 6.30. The molecule has 1 fully saturated rings. The molecule has 0 radical (unpaired) electrons. The van der Waals surface area contributed by atoms with Crippen molar-refractivity contribution < 1.29 is 9.21 Å². The fourth-order valence-electron chi connectivity index (χ4n) is 4.58. The van der Waals surface area contributed by atoms with E-state index in [1.807, 2.05) is 31.2 Å². The van der Waals surface area contributed by atoms with E-state index in [9.17, 15) is 9.59 Å². The molecule has 3 aromatic heterocycles. The highest BCUT2D eigenvalue weighted by Gasteiger charge is 2.43. The minimum absolute atomic E-state index is 0.131. The second kappa shape index (κ2) is 8.95. The Kier molecular flexibility index (Phi) is 5.83. The zero-order valence-corrected chi connectivity index (χ0v) is 19.4. The van der Waals surface area contributed by atoms with Crippen molar-refractivity contribution in [3.05, 3.63) is 81.4 Å². The zero-order chi connectivity index (χ0) is 23.7. The van der Waals surface area contributed by atoms with E-state index in [0.29, 0.717) is 34.4 Å². The Balaban J connectivity index is 1.57. The fourth-order valence-corrected chi connectivity index (χ4v) is 4.71. The summed E-state index contributed by atoms with van der Waals surface area (Å²) in [4.78, 5) is 33.3. The number of halogens is 1. The average Bonchev–Trinajstić information content (AvgIpc) is 3.60. The summed E-state index contributed by atoms with van der Waals surface area (Å²) in [7, 11) is 0. The monoisotopic (exact) mass is 477 g/mol. The van der Waals surface area contributed by atoms with Gasteiger partial charge >= 0.3 is 0 Å². The van der Waals surface area contributed by atoms with Crippen molar-refractivity contribution in [1.82, 2.24) is 19.7 Å². The van der Waals surface area contributed by atoms with Gasteiger partial charge < -0.3 is 9.73 Å². The van der Waals surface area contributed by atoms with Crippen LogP contribution in [0, 0.1) is 0 Å². The highest BCUT2D eigenvalue weighted by atomic mass is 35.5. The van der Waals surface area contributed by atoms with Gasteiger partial charge in [0.1, 0.15) is 11.5 Å². The van der Waals surface area contributed by atoms with Crippen LogP contribution in [0.3, 0.4) is 0 Å². The maximum Gasteiger partial charge on any atom is 0.252 e. The normalized spacial score (nSPS) is 14.9. The summed E-state index contributed by atoms with van der Waals surface area (Å²) < 4.78 is 6.95. The SMILES string of the molecule is CCc1cc(=O)[nH]c(-n2nc(-c3ccco3)cc2NC(=O)C2(c3ccc(Cl)cc3)CCCC2)n1. The van der Waals surface area contributed by atoms with Crippen molar-refractivity contribution in [3.63, 3.8) is 0 Å². The molecular weight excluding hydrogens is 454 g/mol. The lowest BCUT2D eigenvalue weighted by atomic mass is 9.78. The van der Waals surface area contributed by atoms with E-state index in [-0.39, 0.29) is 17.4 Å². The number of hydrogen-bond acceptors (Lipinski definition) is 5. The van der Waals surface area contributed by atoms with E-state index >= 15 is 0 Å². The molecule has 9 heteroatoms. The Morgan fingerprint density at radius 3 is 2.65 bits per heavy atom. The molecule has 1 aromatic carbocycles. The Bertz CT molecular complexity index is 1370. The van der Waals surface area contributed by atoms with Gasteiger partial charge in [0, 0.05) is 22.8 Å². The summed E-state index contributed by atoms with van der Waals surface area (Å²) in [6.07, 6.45) is 5.53. The Morgan fingerprint density at radius 1 is 1.21 bits per heavy atom. The van der Waals surface area contributed by atoms with Crippen molar-refractivity contribution in [2.75, 3.05) is 5.32 Å². The molecule has 174 valence electrons. The van der Waals surface area contributed by atoms with Crippen LogP contribution in [-0.2, 0) is 16.6 Å². The molecule has 0 bridgehead atoms. The fraction of sp³-hybridized carbons (Fsp3) is 0.280. The van der Waals surface area contributed by atoms with E-state index in [1.54, 1.807) is 24.5 Å². The molecule has 0 aliphatic heterocycles. The first-order chi connectivity index (χ1) is 16.5. The van der Waals surface area contributed by atoms with Crippen molar-refractivity contribution in [2.24, 2.45) is 0 Å². The number of furan rings is 1. The van der Waals surface area contributed by atoms with E-state index < -0.39 is 5.41 Å². The van der Waals surface area contributed by atoms with E-state index in [1.165, 1.54) is 10.7 Å². The first-order valence-electron chi connectivity index (χ1n) is 11.3. The minimum atomic E-state index is -0.670. The minimum Gasteiger partial charge on any atom is -0.463 e. The summed E-state index contributed by atoms with van der Waals surface area (Å²) in [5.74, 6) is 1.03. The average molecular weight is 478 g/mol. The number of benzene rings is 1. The van der Waals surface area contributed by atoms with E-state index in [2.05, 4.69) is 20.4 Å². The largest absolute Gasteiger partial charge is 0.463 e. The molecular formula is C25H24ClN5O3. The third-order valence-electron chi connectivity index (χ3n) is 6.36. The summed E-state index contributed by atoms with van der Waals surface area (Å²) in [5, 5.41) is 8.28. The third kappa shape index (κ3) is 4.05. The van der Waals surface area contributed by atoms with Crippen LogP contribution in [0.1, 0.15) is 43.9 Å². The molecule has 4 aromatic rings. The first-order valence-corrected chi connectivity index (χ1v) is 11.7. The number of nitrogens with zero attached hydrogens (tertiary/aromatic N) is 3. The zero-order valence-electron chi connectivity index (χ0n) is 18.7. The Labute approximate surface area is 201 Å². The number of aromatic nitrogens is 4. The number of rotatable bonds is 6. The van der Waals surface area contributed by atoms with Crippen LogP contribution in [0.25, 0.3) is 17.4 Å². The van der Waals surface area contributed by atoms with Crippen LogP contribution in [0.5, 0.6) is 0 Å². The molecule has 0 unspecified atom stereocenters. The first kappa shape index (κ1) is 22.2. The van der Waals surface area contributed by atoms with Crippen molar-refractivity contribution >= 4 is 23.3 Å². The Hall–Kier alpha value is -3.65. The summed E-state index contributed by atoms with van der Waals surface area (Å²) in [6, 6.07) is 14.2.